The van der Waals surface area contributed by atoms with Gasteiger partial charge in [-0.3, -0.25) is 10.8 Å². The van der Waals surface area contributed by atoms with Gasteiger partial charge in [0.2, 0.25) is 0 Å². The second-order valence-corrected chi connectivity index (χ2v) is 10.2. The van der Waals surface area contributed by atoms with Gasteiger partial charge in [-0.15, -0.1) is 0 Å². The highest BCUT2D eigenvalue weighted by Crippen LogP contribution is 2.35. The summed E-state index contributed by atoms with van der Waals surface area (Å²) >= 11 is 0. The van der Waals surface area contributed by atoms with Crippen molar-refractivity contribution in [2.75, 3.05) is 0 Å². The number of aromatic nitrogens is 2. The number of rotatable bonds is 3. The average Bonchev–Trinajstić information content (AvgIpc) is 3.40. The molecule has 0 spiro atoms. The molecule has 0 saturated carbocycles. The van der Waals surface area contributed by atoms with Gasteiger partial charge >= 0.3 is 0 Å². The normalized spacial score (nSPS) is 12.9. The van der Waals surface area contributed by atoms with Crippen molar-refractivity contribution in [3.05, 3.63) is 126 Å². The van der Waals surface area contributed by atoms with Crippen LogP contribution in [0.1, 0.15) is 11.1 Å². The highest BCUT2D eigenvalue weighted by atomic mass is 16.3. The van der Waals surface area contributed by atoms with Gasteiger partial charge in [0.05, 0.1) is 22.8 Å². The van der Waals surface area contributed by atoms with Crippen LogP contribution in [-0.2, 0) is 0 Å². The number of furan rings is 1. The Kier molecular flexibility index (Phi) is 5.06. The van der Waals surface area contributed by atoms with Gasteiger partial charge in [0.1, 0.15) is 11.2 Å². The average molecular weight is 527 g/mol. The minimum atomic E-state index is 0.210. The first kappa shape index (κ1) is 23.2. The number of benzene rings is 5. The molecule has 1 aliphatic rings. The van der Waals surface area contributed by atoms with Crippen LogP contribution >= 0.6 is 0 Å². The molecule has 5 heteroatoms. The van der Waals surface area contributed by atoms with Gasteiger partial charge in [-0.1, -0.05) is 78.9 Å². The van der Waals surface area contributed by atoms with Crippen LogP contribution in [0.4, 0.5) is 0 Å². The number of para-hydroxylation sites is 1. The molecule has 2 aromatic heterocycles. The number of fused-ring (bicyclic) bond motifs is 6. The van der Waals surface area contributed by atoms with Crippen LogP contribution in [0.5, 0.6) is 0 Å². The van der Waals surface area contributed by atoms with E-state index in [1.807, 2.05) is 78.9 Å². The van der Waals surface area contributed by atoms with Crippen LogP contribution in [0.3, 0.4) is 0 Å². The maximum absolute atomic E-state index is 8.62. The maximum atomic E-state index is 8.62. The molecule has 41 heavy (non-hydrogen) atoms. The van der Waals surface area contributed by atoms with Crippen molar-refractivity contribution in [1.29, 1.82) is 10.8 Å². The third kappa shape index (κ3) is 3.79. The largest absolute Gasteiger partial charge is 0.456 e. The van der Waals surface area contributed by atoms with Gasteiger partial charge in [-0.05, 0) is 58.8 Å². The molecular formula is C36H22N4O. The van der Waals surface area contributed by atoms with Crippen LogP contribution < -0.4 is 0 Å². The molecule has 0 saturated heterocycles. The summed E-state index contributed by atoms with van der Waals surface area (Å²) in [4.78, 5) is 10.1. The third-order valence-electron chi connectivity index (χ3n) is 7.73. The minimum absolute atomic E-state index is 0.210. The second-order valence-electron chi connectivity index (χ2n) is 10.2. The van der Waals surface area contributed by atoms with Crippen molar-refractivity contribution >= 4 is 50.2 Å². The van der Waals surface area contributed by atoms with Crippen LogP contribution in [0.15, 0.2) is 120 Å². The topological polar surface area (TPSA) is 86.6 Å². The van der Waals surface area contributed by atoms with Crippen LogP contribution in [-0.4, -0.2) is 21.4 Å². The fourth-order valence-corrected chi connectivity index (χ4v) is 5.65. The quantitative estimate of drug-likeness (QED) is 0.241. The molecule has 0 amide bonds. The Balaban J connectivity index is 1.35. The van der Waals surface area contributed by atoms with E-state index in [1.165, 1.54) is 0 Å². The number of nitrogens with one attached hydrogen (secondary N) is 2. The lowest BCUT2D eigenvalue weighted by Crippen LogP contribution is -2.16. The molecule has 0 radical (unpaired) electrons. The van der Waals surface area contributed by atoms with Gasteiger partial charge in [0.25, 0.3) is 0 Å². The van der Waals surface area contributed by atoms with Gasteiger partial charge in [-0.2, -0.15) is 0 Å². The zero-order chi connectivity index (χ0) is 27.5. The van der Waals surface area contributed by atoms with E-state index in [4.69, 9.17) is 25.2 Å². The van der Waals surface area contributed by atoms with E-state index >= 15 is 0 Å². The summed E-state index contributed by atoms with van der Waals surface area (Å²) in [5.74, 6) is 0.603. The molecule has 0 bridgehead atoms. The van der Waals surface area contributed by atoms with Gasteiger partial charge in [0, 0.05) is 33.0 Å². The summed E-state index contributed by atoms with van der Waals surface area (Å²) in [6.45, 7) is 0. The van der Waals surface area contributed by atoms with E-state index in [1.54, 1.807) is 6.08 Å². The predicted octanol–water partition coefficient (Wildman–Crippen LogP) is 8.94. The van der Waals surface area contributed by atoms with Crippen molar-refractivity contribution in [3.63, 3.8) is 0 Å². The number of nitrogens with zero attached hydrogens (tertiary/aromatic N) is 2. The van der Waals surface area contributed by atoms with Gasteiger partial charge < -0.3 is 4.42 Å². The molecule has 192 valence electrons. The number of hydrogen-bond acceptors (Lipinski definition) is 5. The molecule has 8 rings (SSSR count). The summed E-state index contributed by atoms with van der Waals surface area (Å²) in [6, 6.07) is 36.6. The molecule has 0 fully saturated rings. The zero-order valence-electron chi connectivity index (χ0n) is 21.8. The molecule has 2 heterocycles. The lowest BCUT2D eigenvalue weighted by Gasteiger charge is -2.16. The molecule has 0 atom stereocenters. The first-order valence-corrected chi connectivity index (χ1v) is 13.4. The Morgan fingerprint density at radius 2 is 1.24 bits per heavy atom. The molecule has 1 aliphatic carbocycles. The fourth-order valence-electron chi connectivity index (χ4n) is 5.65. The Bertz CT molecular complexity index is 2240. The predicted molar refractivity (Wildman–Crippen MR) is 167 cm³/mol. The smallest absolute Gasteiger partial charge is 0.160 e. The Hall–Kier alpha value is -5.68. The van der Waals surface area contributed by atoms with Gasteiger partial charge in [0.15, 0.2) is 5.82 Å². The van der Waals surface area contributed by atoms with Crippen LogP contribution in [0.25, 0.3) is 72.7 Å². The second kappa shape index (κ2) is 8.93. The van der Waals surface area contributed by atoms with Crippen LogP contribution in [0.2, 0.25) is 0 Å². The van der Waals surface area contributed by atoms with Crippen molar-refractivity contribution in [3.8, 4) is 33.9 Å². The molecule has 0 aliphatic heterocycles. The van der Waals surface area contributed by atoms with Crippen molar-refractivity contribution in [1.82, 2.24) is 9.97 Å². The SMILES string of the molecule is N=C1C=Cc2ccc3ccc(-c4nc(-c5ccccc5)cc(-c5ccc6oc7ccccc7c6c5)n4)cc3c2C1=N. The number of allylic oxidation sites excluding steroid dienone is 1. The van der Waals surface area contributed by atoms with Crippen molar-refractivity contribution < 1.29 is 4.42 Å². The molecule has 5 aromatic carbocycles. The Morgan fingerprint density at radius 3 is 2.12 bits per heavy atom. The molecule has 7 aromatic rings. The summed E-state index contributed by atoms with van der Waals surface area (Å²) in [6.07, 6.45) is 3.58. The lowest BCUT2D eigenvalue weighted by molar-refractivity contribution is 0.669. The van der Waals surface area contributed by atoms with Gasteiger partial charge in [-0.25, -0.2) is 9.97 Å². The summed E-state index contributed by atoms with van der Waals surface area (Å²) < 4.78 is 6.06. The van der Waals surface area contributed by atoms with Crippen molar-refractivity contribution in [2.45, 2.75) is 0 Å². The van der Waals surface area contributed by atoms with E-state index in [-0.39, 0.29) is 11.4 Å². The Labute approximate surface area is 235 Å². The number of hydrogen-bond donors (Lipinski definition) is 2. The van der Waals surface area contributed by atoms with Crippen molar-refractivity contribution in [2.24, 2.45) is 0 Å². The molecule has 2 N–H and O–H groups in total. The van der Waals surface area contributed by atoms with E-state index in [2.05, 4.69) is 36.4 Å². The van der Waals surface area contributed by atoms with E-state index < -0.39 is 0 Å². The highest BCUT2D eigenvalue weighted by Gasteiger charge is 2.19. The maximum Gasteiger partial charge on any atom is 0.160 e. The monoisotopic (exact) mass is 526 g/mol. The highest BCUT2D eigenvalue weighted by molar-refractivity contribution is 6.53. The summed E-state index contributed by atoms with van der Waals surface area (Å²) in [5.41, 5.74) is 8.33. The van der Waals surface area contributed by atoms with Crippen LogP contribution in [0, 0.1) is 10.8 Å². The first-order valence-electron chi connectivity index (χ1n) is 13.4. The van der Waals surface area contributed by atoms with E-state index in [0.29, 0.717) is 5.82 Å². The lowest BCUT2D eigenvalue weighted by atomic mass is 9.88. The standard InChI is InChI=1S/C36H22N4O/c37-29-16-14-23-12-10-21-11-13-25(19-27(21)34(23)35(29)38)36-39-30(22-6-2-1-3-7-22)20-31(40-36)24-15-17-33-28(18-24)26-8-4-5-9-32(26)41-33/h1-20,37-38H. The molecular weight excluding hydrogens is 504 g/mol. The Morgan fingerprint density at radius 1 is 0.537 bits per heavy atom. The summed E-state index contributed by atoms with van der Waals surface area (Å²) in [5, 5.41) is 20.9. The molecule has 0 unspecified atom stereocenters. The van der Waals surface area contributed by atoms with E-state index in [9.17, 15) is 0 Å². The zero-order valence-corrected chi connectivity index (χ0v) is 21.8. The minimum Gasteiger partial charge on any atom is -0.456 e. The first-order chi connectivity index (χ1) is 20.1. The van der Waals surface area contributed by atoms with E-state index in [0.717, 1.165) is 71.9 Å². The fraction of sp³-hybridized carbons (Fsp3) is 0. The summed E-state index contributed by atoms with van der Waals surface area (Å²) in [7, 11) is 0. The third-order valence-corrected chi connectivity index (χ3v) is 7.73. The molecule has 5 nitrogen and oxygen atoms in total.